The average molecular weight is 226 g/mol. The Kier molecular flexibility index (Phi) is 4.00. The van der Waals surface area contributed by atoms with Gasteiger partial charge in [0.15, 0.2) is 0 Å². The summed E-state index contributed by atoms with van der Waals surface area (Å²) < 4.78 is 0. The van der Waals surface area contributed by atoms with Crippen LogP contribution in [-0.2, 0) is 4.79 Å². The minimum absolute atomic E-state index is 0.117. The standard InChI is InChI=1S/C13H26N2O/c1-9-6-7-15(8-10(9)2)12(16)11(14)13(3,4)5/h9-11H,6-8,14H2,1-5H3/t9?,10?,11-/m1/s1. The zero-order chi connectivity index (χ0) is 12.5. The van der Waals surface area contributed by atoms with E-state index in [1.54, 1.807) is 0 Å². The van der Waals surface area contributed by atoms with Crippen molar-refractivity contribution in [2.75, 3.05) is 13.1 Å². The molecule has 1 aliphatic rings. The number of carbonyl (C=O) groups excluding carboxylic acids is 1. The third kappa shape index (κ3) is 2.97. The number of piperidine rings is 1. The maximum absolute atomic E-state index is 12.2. The summed E-state index contributed by atoms with van der Waals surface area (Å²) in [5, 5.41) is 0. The molecule has 1 fully saturated rings. The Hall–Kier alpha value is -0.570. The molecule has 94 valence electrons. The summed E-state index contributed by atoms with van der Waals surface area (Å²) in [6, 6.07) is -0.381. The fraction of sp³-hybridized carbons (Fsp3) is 0.923. The lowest BCUT2D eigenvalue weighted by molar-refractivity contribution is -0.137. The van der Waals surface area contributed by atoms with Gasteiger partial charge in [0, 0.05) is 13.1 Å². The van der Waals surface area contributed by atoms with E-state index in [-0.39, 0.29) is 17.4 Å². The Balaban J connectivity index is 2.62. The average Bonchev–Trinajstić information content (AvgIpc) is 2.18. The summed E-state index contributed by atoms with van der Waals surface area (Å²) in [4.78, 5) is 14.1. The highest BCUT2D eigenvalue weighted by molar-refractivity contribution is 5.82. The Morgan fingerprint density at radius 3 is 2.31 bits per heavy atom. The minimum Gasteiger partial charge on any atom is -0.341 e. The molecular formula is C13H26N2O. The molecular weight excluding hydrogens is 200 g/mol. The molecule has 0 aromatic carbocycles. The van der Waals surface area contributed by atoms with Gasteiger partial charge in [0.25, 0.3) is 0 Å². The highest BCUT2D eigenvalue weighted by atomic mass is 16.2. The smallest absolute Gasteiger partial charge is 0.240 e. The summed E-state index contributed by atoms with van der Waals surface area (Å²) >= 11 is 0. The monoisotopic (exact) mass is 226 g/mol. The van der Waals surface area contributed by atoms with Crippen LogP contribution in [0.4, 0.5) is 0 Å². The van der Waals surface area contributed by atoms with Crippen LogP contribution in [0.5, 0.6) is 0 Å². The highest BCUT2D eigenvalue weighted by Gasteiger charge is 2.33. The number of amides is 1. The highest BCUT2D eigenvalue weighted by Crippen LogP contribution is 2.25. The largest absolute Gasteiger partial charge is 0.341 e. The number of likely N-dealkylation sites (tertiary alicyclic amines) is 1. The molecule has 1 rings (SSSR count). The van der Waals surface area contributed by atoms with Gasteiger partial charge >= 0.3 is 0 Å². The molecule has 0 aliphatic carbocycles. The summed E-state index contributed by atoms with van der Waals surface area (Å²) in [6.45, 7) is 12.3. The molecule has 1 saturated heterocycles. The second-order valence-electron chi connectivity index (χ2n) is 6.37. The zero-order valence-electron chi connectivity index (χ0n) is 11.3. The molecule has 3 nitrogen and oxygen atoms in total. The first kappa shape index (κ1) is 13.5. The van der Waals surface area contributed by atoms with Gasteiger partial charge in [0.1, 0.15) is 0 Å². The van der Waals surface area contributed by atoms with Crippen LogP contribution in [0.3, 0.4) is 0 Å². The van der Waals surface area contributed by atoms with E-state index in [0.29, 0.717) is 5.92 Å². The van der Waals surface area contributed by atoms with Crippen LogP contribution >= 0.6 is 0 Å². The lowest BCUT2D eigenvalue weighted by Gasteiger charge is -2.38. The van der Waals surface area contributed by atoms with Crippen molar-refractivity contribution in [3.05, 3.63) is 0 Å². The van der Waals surface area contributed by atoms with E-state index in [1.165, 1.54) is 0 Å². The fourth-order valence-corrected chi connectivity index (χ4v) is 2.03. The molecule has 2 unspecified atom stereocenters. The van der Waals surface area contributed by atoms with Crippen LogP contribution < -0.4 is 5.73 Å². The predicted molar refractivity (Wildman–Crippen MR) is 67.0 cm³/mol. The van der Waals surface area contributed by atoms with Gasteiger partial charge in [0.2, 0.25) is 5.91 Å². The number of nitrogens with two attached hydrogens (primary N) is 1. The quantitative estimate of drug-likeness (QED) is 0.742. The third-order valence-electron chi connectivity index (χ3n) is 3.84. The summed E-state index contributed by atoms with van der Waals surface area (Å²) in [5.74, 6) is 1.42. The van der Waals surface area contributed by atoms with E-state index in [0.717, 1.165) is 25.4 Å². The van der Waals surface area contributed by atoms with E-state index in [1.807, 2.05) is 25.7 Å². The lowest BCUT2D eigenvalue weighted by Crippen LogP contribution is -2.53. The molecule has 16 heavy (non-hydrogen) atoms. The Morgan fingerprint density at radius 1 is 1.31 bits per heavy atom. The first-order valence-corrected chi connectivity index (χ1v) is 6.28. The molecule has 0 saturated carbocycles. The fourth-order valence-electron chi connectivity index (χ4n) is 2.03. The van der Waals surface area contributed by atoms with Gasteiger partial charge in [-0.3, -0.25) is 4.79 Å². The molecule has 2 N–H and O–H groups in total. The molecule has 0 bridgehead atoms. The van der Waals surface area contributed by atoms with Gasteiger partial charge < -0.3 is 10.6 Å². The van der Waals surface area contributed by atoms with E-state index in [9.17, 15) is 4.79 Å². The third-order valence-corrected chi connectivity index (χ3v) is 3.84. The molecule has 0 aromatic heterocycles. The van der Waals surface area contributed by atoms with Crippen molar-refractivity contribution >= 4 is 5.91 Å². The van der Waals surface area contributed by atoms with Gasteiger partial charge in [0.05, 0.1) is 6.04 Å². The topological polar surface area (TPSA) is 46.3 Å². The van der Waals surface area contributed by atoms with Gasteiger partial charge in [-0.25, -0.2) is 0 Å². The van der Waals surface area contributed by atoms with E-state index in [4.69, 9.17) is 5.73 Å². The Bertz CT molecular complexity index is 257. The molecule has 0 radical (unpaired) electrons. The van der Waals surface area contributed by atoms with Crippen LogP contribution in [-0.4, -0.2) is 29.9 Å². The Labute approximate surface area is 99.4 Å². The molecule has 1 amide bonds. The summed E-state index contributed by atoms with van der Waals surface area (Å²) in [6.07, 6.45) is 1.10. The van der Waals surface area contributed by atoms with Crippen molar-refractivity contribution in [3.63, 3.8) is 0 Å². The molecule has 3 heteroatoms. The number of carbonyl (C=O) groups is 1. The maximum Gasteiger partial charge on any atom is 0.240 e. The number of hydrogen-bond donors (Lipinski definition) is 1. The Morgan fingerprint density at radius 2 is 1.88 bits per heavy atom. The SMILES string of the molecule is CC1CCN(C(=O)[C@@H](N)C(C)(C)C)CC1C. The second-order valence-corrected chi connectivity index (χ2v) is 6.37. The molecule has 0 aromatic rings. The van der Waals surface area contributed by atoms with Crippen molar-refractivity contribution in [2.24, 2.45) is 23.0 Å². The minimum atomic E-state index is -0.381. The number of nitrogens with zero attached hydrogens (tertiary/aromatic N) is 1. The van der Waals surface area contributed by atoms with Crippen LogP contribution in [0.2, 0.25) is 0 Å². The number of hydrogen-bond acceptors (Lipinski definition) is 2. The van der Waals surface area contributed by atoms with Crippen molar-refractivity contribution in [2.45, 2.75) is 47.1 Å². The van der Waals surface area contributed by atoms with Gasteiger partial charge in [-0.15, -0.1) is 0 Å². The summed E-state index contributed by atoms with van der Waals surface area (Å²) in [7, 11) is 0. The van der Waals surface area contributed by atoms with Crippen LogP contribution in [0, 0.1) is 17.3 Å². The first-order valence-electron chi connectivity index (χ1n) is 6.28. The molecule has 0 spiro atoms. The van der Waals surface area contributed by atoms with E-state index < -0.39 is 0 Å². The summed E-state index contributed by atoms with van der Waals surface area (Å²) in [5.41, 5.74) is 5.86. The molecule has 1 aliphatic heterocycles. The van der Waals surface area contributed by atoms with Gasteiger partial charge in [-0.2, -0.15) is 0 Å². The van der Waals surface area contributed by atoms with Crippen molar-refractivity contribution in [1.82, 2.24) is 4.90 Å². The van der Waals surface area contributed by atoms with E-state index in [2.05, 4.69) is 13.8 Å². The van der Waals surface area contributed by atoms with Crippen LogP contribution in [0.1, 0.15) is 41.0 Å². The molecule has 3 atom stereocenters. The predicted octanol–water partition coefficient (Wildman–Crippen LogP) is 1.86. The normalized spacial score (nSPS) is 29.0. The van der Waals surface area contributed by atoms with Crippen molar-refractivity contribution in [1.29, 1.82) is 0 Å². The van der Waals surface area contributed by atoms with Crippen molar-refractivity contribution < 1.29 is 4.79 Å². The second kappa shape index (κ2) is 4.74. The number of rotatable bonds is 1. The molecule has 1 heterocycles. The van der Waals surface area contributed by atoms with Gasteiger partial charge in [-0.05, 0) is 23.7 Å². The van der Waals surface area contributed by atoms with Gasteiger partial charge in [-0.1, -0.05) is 34.6 Å². The van der Waals surface area contributed by atoms with Crippen LogP contribution in [0.15, 0.2) is 0 Å². The zero-order valence-corrected chi connectivity index (χ0v) is 11.3. The first-order chi connectivity index (χ1) is 7.23. The van der Waals surface area contributed by atoms with Crippen LogP contribution in [0.25, 0.3) is 0 Å². The lowest BCUT2D eigenvalue weighted by atomic mass is 9.84. The van der Waals surface area contributed by atoms with E-state index >= 15 is 0 Å². The van der Waals surface area contributed by atoms with Crippen molar-refractivity contribution in [3.8, 4) is 0 Å². The maximum atomic E-state index is 12.2.